The molecule has 2 unspecified atom stereocenters. The van der Waals surface area contributed by atoms with Crippen molar-refractivity contribution in [3.8, 4) is 0 Å². The highest BCUT2D eigenvalue weighted by Gasteiger charge is 2.16. The van der Waals surface area contributed by atoms with Crippen LogP contribution in [0.1, 0.15) is 82.4 Å². The number of nitrogens with one attached hydrogen (secondary N) is 2. The molecule has 190 valence electrons. The van der Waals surface area contributed by atoms with Gasteiger partial charge in [-0.05, 0) is 48.4 Å². The van der Waals surface area contributed by atoms with E-state index < -0.39 is 0 Å². The Morgan fingerprint density at radius 3 is 2.75 bits per heavy atom. The Balaban J connectivity index is 1.43. The van der Waals surface area contributed by atoms with E-state index in [9.17, 15) is 4.79 Å². The van der Waals surface area contributed by atoms with Gasteiger partial charge < -0.3 is 10.3 Å². The van der Waals surface area contributed by atoms with Crippen molar-refractivity contribution < 1.29 is 4.79 Å². The third-order valence-electron chi connectivity index (χ3n) is 6.57. The standard InChI is InChI=1S/C29H36ClN5O/c1-18(2)7-5-6-8-19(3)13-27(36)26-15-21-14-22(16-23(30)28(21)34-26)33-29-31-12-11-25(35-29)24-10-9-20(4)17-32-24/h10-12,14-20,34H,5-9,13H2,1-4H3,(H,31,33,35). The molecular weight excluding hydrogens is 470 g/mol. The van der Waals surface area contributed by atoms with Crippen molar-refractivity contribution in [1.82, 2.24) is 15.0 Å². The number of carbonyl (C=O) groups excluding carboxylic acids is 1. The van der Waals surface area contributed by atoms with E-state index in [1.54, 1.807) is 6.20 Å². The number of Topliss-reactive ketones (excluding diaryl/α,β-unsaturated/α-hetero) is 1. The van der Waals surface area contributed by atoms with Crippen molar-refractivity contribution in [3.63, 3.8) is 0 Å². The van der Waals surface area contributed by atoms with Gasteiger partial charge in [0.25, 0.3) is 0 Å². The van der Waals surface area contributed by atoms with E-state index in [4.69, 9.17) is 11.6 Å². The number of allylic oxidation sites excluding steroid dienone is 1. The molecule has 1 aliphatic heterocycles. The second kappa shape index (κ2) is 11.8. The highest BCUT2D eigenvalue weighted by molar-refractivity contribution is 6.35. The number of benzene rings is 1. The summed E-state index contributed by atoms with van der Waals surface area (Å²) < 4.78 is 0. The number of halogens is 1. The maximum absolute atomic E-state index is 12.9. The molecule has 6 nitrogen and oxygen atoms in total. The van der Waals surface area contributed by atoms with Crippen LogP contribution in [0.3, 0.4) is 0 Å². The van der Waals surface area contributed by atoms with Gasteiger partial charge in [0, 0.05) is 29.9 Å². The molecule has 7 heteroatoms. The van der Waals surface area contributed by atoms with Crippen molar-refractivity contribution in [1.29, 1.82) is 0 Å². The highest BCUT2D eigenvalue weighted by atomic mass is 35.5. The van der Waals surface area contributed by atoms with E-state index in [0.29, 0.717) is 34.9 Å². The molecule has 0 fully saturated rings. The fourth-order valence-corrected chi connectivity index (χ4v) is 4.75. The number of unbranched alkanes of at least 4 members (excludes halogenated alkanes) is 1. The first-order chi connectivity index (χ1) is 17.3. The number of hydrogen-bond donors (Lipinski definition) is 2. The van der Waals surface area contributed by atoms with Crippen LogP contribution in [0.2, 0.25) is 5.02 Å². The fourth-order valence-electron chi connectivity index (χ4n) is 4.48. The topological polar surface area (TPSA) is 83.0 Å². The Bertz CT molecular complexity index is 1280. The fraction of sp³-hybridized carbons (Fsp3) is 0.448. The van der Waals surface area contributed by atoms with Crippen molar-refractivity contribution in [2.24, 2.45) is 22.7 Å². The van der Waals surface area contributed by atoms with E-state index >= 15 is 0 Å². The lowest BCUT2D eigenvalue weighted by molar-refractivity contribution is 0.0958. The van der Waals surface area contributed by atoms with Crippen molar-refractivity contribution in [3.05, 3.63) is 52.9 Å². The number of ketones is 1. The van der Waals surface area contributed by atoms with Gasteiger partial charge in [0.2, 0.25) is 5.95 Å². The Hall–Kier alpha value is -2.99. The van der Waals surface area contributed by atoms with Gasteiger partial charge in [-0.3, -0.25) is 9.79 Å². The second-order valence-electron chi connectivity index (χ2n) is 10.5. The first-order valence-corrected chi connectivity index (χ1v) is 13.4. The molecule has 0 bridgehead atoms. The number of aromatic amines is 1. The van der Waals surface area contributed by atoms with Gasteiger partial charge in [-0.2, -0.15) is 0 Å². The maximum atomic E-state index is 12.9. The number of nitrogens with zero attached hydrogens (tertiary/aromatic N) is 3. The zero-order valence-electron chi connectivity index (χ0n) is 21.6. The number of carbonyl (C=O) groups is 1. The van der Waals surface area contributed by atoms with Crippen molar-refractivity contribution in [2.45, 2.75) is 66.2 Å². The molecule has 1 aliphatic rings. The third-order valence-corrected chi connectivity index (χ3v) is 6.87. The van der Waals surface area contributed by atoms with Gasteiger partial charge in [-0.15, -0.1) is 0 Å². The first kappa shape index (κ1) is 26.1. The van der Waals surface area contributed by atoms with Crippen LogP contribution < -0.4 is 5.32 Å². The minimum atomic E-state index is 0.125. The first-order valence-electron chi connectivity index (χ1n) is 13.0. The van der Waals surface area contributed by atoms with Crippen molar-refractivity contribution in [2.75, 3.05) is 5.32 Å². The molecule has 3 aromatic rings. The van der Waals surface area contributed by atoms with E-state index in [0.717, 1.165) is 46.7 Å². The summed E-state index contributed by atoms with van der Waals surface area (Å²) in [7, 11) is 0. The molecule has 4 rings (SSSR count). The lowest BCUT2D eigenvalue weighted by atomic mass is 9.95. The monoisotopic (exact) mass is 505 g/mol. The number of rotatable bonds is 11. The van der Waals surface area contributed by atoms with E-state index in [-0.39, 0.29) is 5.78 Å². The molecule has 2 N–H and O–H groups in total. The lowest BCUT2D eigenvalue weighted by Gasteiger charge is -2.11. The number of aliphatic imine (C=N–C) groups is 1. The van der Waals surface area contributed by atoms with Crippen LogP contribution in [0.15, 0.2) is 41.5 Å². The lowest BCUT2D eigenvalue weighted by Crippen LogP contribution is -2.06. The van der Waals surface area contributed by atoms with Gasteiger partial charge in [0.15, 0.2) is 5.78 Å². The zero-order valence-corrected chi connectivity index (χ0v) is 22.4. The predicted molar refractivity (Wildman–Crippen MR) is 150 cm³/mol. The summed E-state index contributed by atoms with van der Waals surface area (Å²) in [5.74, 6) is 2.13. The average Bonchev–Trinajstić information content (AvgIpc) is 3.27. The summed E-state index contributed by atoms with van der Waals surface area (Å²) in [5.41, 5.74) is 3.76. The van der Waals surface area contributed by atoms with E-state index in [1.165, 1.54) is 19.3 Å². The SMILES string of the molecule is CC(C)CCCCC(C)CC(=O)c1cc2cc(Nc3nccc(C4=CCC(C)C=N4)n3)cc(Cl)c2[nH]1. The largest absolute Gasteiger partial charge is 0.351 e. The highest BCUT2D eigenvalue weighted by Crippen LogP contribution is 2.30. The summed E-state index contributed by atoms with van der Waals surface area (Å²) in [6, 6.07) is 7.53. The number of anilines is 2. The van der Waals surface area contributed by atoms with Crippen LogP contribution in [-0.4, -0.2) is 26.9 Å². The van der Waals surface area contributed by atoms with Crippen LogP contribution >= 0.6 is 11.6 Å². The molecule has 2 aromatic heterocycles. The van der Waals surface area contributed by atoms with Crippen molar-refractivity contribution >= 4 is 51.8 Å². The third kappa shape index (κ3) is 6.82. The predicted octanol–water partition coefficient (Wildman–Crippen LogP) is 8.23. The van der Waals surface area contributed by atoms with Crippen LogP contribution in [0.25, 0.3) is 16.6 Å². The molecule has 36 heavy (non-hydrogen) atoms. The number of fused-ring (bicyclic) bond motifs is 1. The van der Waals surface area contributed by atoms with Gasteiger partial charge in [-0.25, -0.2) is 9.97 Å². The molecule has 0 aliphatic carbocycles. The molecule has 0 amide bonds. The van der Waals surface area contributed by atoms with E-state index in [2.05, 4.69) is 59.0 Å². The number of H-pyrrole nitrogens is 1. The summed E-state index contributed by atoms with van der Waals surface area (Å²) in [4.78, 5) is 29.7. The Morgan fingerprint density at radius 2 is 2.00 bits per heavy atom. The van der Waals surface area contributed by atoms with Crippen LogP contribution in [0.5, 0.6) is 0 Å². The van der Waals surface area contributed by atoms with E-state index in [1.807, 2.05) is 30.5 Å². The molecule has 0 radical (unpaired) electrons. The number of hydrogen-bond acceptors (Lipinski definition) is 5. The molecule has 2 atom stereocenters. The van der Waals surface area contributed by atoms with Gasteiger partial charge in [0.1, 0.15) is 0 Å². The molecule has 0 spiro atoms. The summed E-state index contributed by atoms with van der Waals surface area (Å²) in [6.45, 7) is 8.81. The average molecular weight is 506 g/mol. The Labute approximate surface area is 218 Å². The Morgan fingerprint density at radius 1 is 1.19 bits per heavy atom. The summed E-state index contributed by atoms with van der Waals surface area (Å²) >= 11 is 6.58. The summed E-state index contributed by atoms with van der Waals surface area (Å²) in [5, 5.41) is 4.67. The van der Waals surface area contributed by atoms with Gasteiger partial charge >= 0.3 is 0 Å². The van der Waals surface area contributed by atoms with Crippen LogP contribution in [0, 0.1) is 17.8 Å². The zero-order chi connectivity index (χ0) is 25.7. The van der Waals surface area contributed by atoms with Gasteiger partial charge in [-0.1, -0.05) is 71.1 Å². The normalized spacial score (nSPS) is 16.4. The molecule has 0 saturated carbocycles. The molecule has 0 saturated heterocycles. The minimum Gasteiger partial charge on any atom is -0.351 e. The molecule has 3 heterocycles. The quantitative estimate of drug-likeness (QED) is 0.203. The number of aromatic nitrogens is 3. The smallest absolute Gasteiger partial charge is 0.227 e. The summed E-state index contributed by atoms with van der Waals surface area (Å²) in [6.07, 6.45) is 12.0. The van der Waals surface area contributed by atoms with Gasteiger partial charge in [0.05, 0.1) is 27.6 Å². The Kier molecular flexibility index (Phi) is 8.57. The second-order valence-corrected chi connectivity index (χ2v) is 10.9. The molecule has 1 aromatic carbocycles. The maximum Gasteiger partial charge on any atom is 0.227 e. The minimum absolute atomic E-state index is 0.125. The van der Waals surface area contributed by atoms with Crippen LogP contribution in [-0.2, 0) is 0 Å². The molecular formula is C29H36ClN5O. The van der Waals surface area contributed by atoms with Crippen LogP contribution in [0.4, 0.5) is 11.6 Å².